The standard InChI is InChI=1S/C29H19N5O2/c35-26-12-4-1-8-20(26)21-10-7-14-28(31-21)36-19-15-16-24-25(18-19)34(27-13-5-6-17-30-27)29-32-22-9-2-3-11-23(22)33(24)29/h1-18,35H. The van der Waals surface area contributed by atoms with Crippen molar-refractivity contribution in [1.29, 1.82) is 0 Å². The Morgan fingerprint density at radius 3 is 2.44 bits per heavy atom. The second kappa shape index (κ2) is 7.95. The van der Waals surface area contributed by atoms with Crippen molar-refractivity contribution in [3.05, 3.63) is 109 Å². The van der Waals surface area contributed by atoms with E-state index in [1.54, 1.807) is 24.4 Å². The van der Waals surface area contributed by atoms with Gasteiger partial charge < -0.3 is 9.84 Å². The molecule has 0 unspecified atom stereocenters. The molecule has 0 atom stereocenters. The summed E-state index contributed by atoms with van der Waals surface area (Å²) in [6.07, 6.45) is 1.77. The lowest BCUT2D eigenvalue weighted by Crippen LogP contribution is -1.97. The van der Waals surface area contributed by atoms with Crippen molar-refractivity contribution in [1.82, 2.24) is 23.9 Å². The molecule has 36 heavy (non-hydrogen) atoms. The second-order valence-corrected chi connectivity index (χ2v) is 8.39. The third kappa shape index (κ3) is 3.18. The van der Waals surface area contributed by atoms with Crippen LogP contribution in [-0.2, 0) is 0 Å². The molecule has 0 amide bonds. The van der Waals surface area contributed by atoms with Gasteiger partial charge in [-0.3, -0.25) is 8.97 Å². The van der Waals surface area contributed by atoms with E-state index in [0.717, 1.165) is 33.7 Å². The number of pyridine rings is 2. The molecular formula is C29H19N5O2. The maximum Gasteiger partial charge on any atom is 0.221 e. The molecule has 0 aliphatic heterocycles. The van der Waals surface area contributed by atoms with E-state index in [1.807, 2.05) is 83.4 Å². The predicted molar refractivity (Wildman–Crippen MR) is 139 cm³/mol. The quantitative estimate of drug-likeness (QED) is 0.323. The number of ether oxygens (including phenoxy) is 1. The van der Waals surface area contributed by atoms with Crippen molar-refractivity contribution in [3.63, 3.8) is 0 Å². The van der Waals surface area contributed by atoms with Gasteiger partial charge in [-0.1, -0.05) is 36.4 Å². The molecule has 7 nitrogen and oxygen atoms in total. The van der Waals surface area contributed by atoms with Crippen molar-refractivity contribution in [2.24, 2.45) is 0 Å². The van der Waals surface area contributed by atoms with Crippen LogP contribution in [0.1, 0.15) is 0 Å². The number of imidazole rings is 2. The van der Waals surface area contributed by atoms with Crippen molar-refractivity contribution in [2.45, 2.75) is 0 Å². The molecule has 1 N–H and O–H groups in total. The van der Waals surface area contributed by atoms with E-state index in [1.165, 1.54) is 0 Å². The monoisotopic (exact) mass is 469 g/mol. The SMILES string of the molecule is Oc1ccccc1-c1cccc(Oc2ccc3c(c2)n(-c2ccccn2)c2nc4ccccc4n32)n1. The molecule has 4 aromatic heterocycles. The molecule has 0 saturated carbocycles. The zero-order chi connectivity index (χ0) is 24.1. The molecule has 0 radical (unpaired) electrons. The van der Waals surface area contributed by atoms with E-state index < -0.39 is 0 Å². The Hall–Kier alpha value is -5.17. The third-order valence-corrected chi connectivity index (χ3v) is 6.18. The molecule has 7 aromatic rings. The zero-order valence-corrected chi connectivity index (χ0v) is 19.0. The topological polar surface area (TPSA) is 77.5 Å². The maximum absolute atomic E-state index is 10.2. The van der Waals surface area contributed by atoms with Gasteiger partial charge in [0.15, 0.2) is 0 Å². The minimum Gasteiger partial charge on any atom is -0.507 e. The highest BCUT2D eigenvalue weighted by Gasteiger charge is 2.18. The van der Waals surface area contributed by atoms with Gasteiger partial charge in [0.25, 0.3) is 0 Å². The van der Waals surface area contributed by atoms with Gasteiger partial charge in [-0.25, -0.2) is 15.0 Å². The molecule has 0 bridgehead atoms. The third-order valence-electron chi connectivity index (χ3n) is 6.18. The van der Waals surface area contributed by atoms with E-state index >= 15 is 0 Å². The molecule has 7 rings (SSSR count). The molecule has 172 valence electrons. The fourth-order valence-electron chi connectivity index (χ4n) is 4.59. The fourth-order valence-corrected chi connectivity index (χ4v) is 4.59. The smallest absolute Gasteiger partial charge is 0.221 e. The van der Waals surface area contributed by atoms with Crippen LogP contribution in [0.3, 0.4) is 0 Å². The summed E-state index contributed by atoms with van der Waals surface area (Å²) >= 11 is 0. The van der Waals surface area contributed by atoms with Crippen LogP contribution < -0.4 is 4.74 Å². The van der Waals surface area contributed by atoms with Crippen LogP contribution in [0, 0.1) is 0 Å². The lowest BCUT2D eigenvalue weighted by atomic mass is 10.1. The van der Waals surface area contributed by atoms with Crippen LogP contribution in [0.4, 0.5) is 0 Å². The molecule has 3 aromatic carbocycles. The molecule has 0 aliphatic carbocycles. The Balaban J connectivity index is 1.38. The lowest BCUT2D eigenvalue weighted by Gasteiger charge is -2.09. The van der Waals surface area contributed by atoms with Crippen LogP contribution in [0.25, 0.3) is 44.9 Å². The number of phenolic OH excluding ortho intramolecular Hbond substituents is 1. The molecule has 0 spiro atoms. The molecule has 0 aliphatic rings. The molecule has 7 heteroatoms. The Labute approximate surface area is 205 Å². The first kappa shape index (κ1) is 20.2. The first-order chi connectivity index (χ1) is 17.8. The first-order valence-corrected chi connectivity index (χ1v) is 11.5. The minimum atomic E-state index is 0.173. The Morgan fingerprint density at radius 2 is 1.56 bits per heavy atom. The highest BCUT2D eigenvalue weighted by molar-refractivity contribution is 5.92. The number of hydrogen-bond acceptors (Lipinski definition) is 5. The fraction of sp³-hybridized carbons (Fsp3) is 0. The molecule has 4 heterocycles. The number of nitrogens with zero attached hydrogens (tertiary/aromatic N) is 5. The van der Waals surface area contributed by atoms with Gasteiger partial charge in [0.2, 0.25) is 11.7 Å². The summed E-state index contributed by atoms with van der Waals surface area (Å²) in [5.74, 6) is 2.78. The number of rotatable bonds is 4. The Bertz CT molecular complexity index is 1890. The van der Waals surface area contributed by atoms with Crippen LogP contribution in [-0.4, -0.2) is 29.0 Å². The molecule has 0 saturated heterocycles. The summed E-state index contributed by atoms with van der Waals surface area (Å²) in [5, 5.41) is 10.2. The van der Waals surface area contributed by atoms with E-state index in [4.69, 9.17) is 9.72 Å². The summed E-state index contributed by atoms with van der Waals surface area (Å²) in [7, 11) is 0. The van der Waals surface area contributed by atoms with E-state index in [9.17, 15) is 5.11 Å². The zero-order valence-electron chi connectivity index (χ0n) is 19.0. The average Bonchev–Trinajstić information content (AvgIpc) is 3.44. The summed E-state index contributed by atoms with van der Waals surface area (Å²) < 4.78 is 10.4. The summed E-state index contributed by atoms with van der Waals surface area (Å²) in [6.45, 7) is 0. The lowest BCUT2D eigenvalue weighted by molar-refractivity contribution is 0.463. The highest BCUT2D eigenvalue weighted by atomic mass is 16.5. The van der Waals surface area contributed by atoms with E-state index in [-0.39, 0.29) is 5.75 Å². The van der Waals surface area contributed by atoms with E-state index in [2.05, 4.69) is 20.4 Å². The number of aromatic nitrogens is 5. The van der Waals surface area contributed by atoms with Gasteiger partial charge in [0, 0.05) is 23.9 Å². The van der Waals surface area contributed by atoms with Gasteiger partial charge in [0.1, 0.15) is 17.3 Å². The van der Waals surface area contributed by atoms with Crippen LogP contribution >= 0.6 is 0 Å². The number of phenols is 1. The minimum absolute atomic E-state index is 0.173. The summed E-state index contributed by atoms with van der Waals surface area (Å²) in [4.78, 5) is 14.1. The number of para-hydroxylation sites is 3. The van der Waals surface area contributed by atoms with Crippen molar-refractivity contribution in [2.75, 3.05) is 0 Å². The van der Waals surface area contributed by atoms with Gasteiger partial charge in [0.05, 0.1) is 27.8 Å². The normalized spacial score (nSPS) is 11.4. The second-order valence-electron chi connectivity index (χ2n) is 8.39. The van der Waals surface area contributed by atoms with Gasteiger partial charge in [-0.2, -0.15) is 0 Å². The Kier molecular flexibility index (Phi) is 4.47. The number of aromatic hydroxyl groups is 1. The van der Waals surface area contributed by atoms with Crippen LogP contribution in [0.5, 0.6) is 17.4 Å². The van der Waals surface area contributed by atoms with Crippen LogP contribution in [0.15, 0.2) is 109 Å². The van der Waals surface area contributed by atoms with Crippen LogP contribution in [0.2, 0.25) is 0 Å². The number of hydrogen-bond donors (Lipinski definition) is 1. The summed E-state index contributed by atoms with van der Waals surface area (Å²) in [6, 6.07) is 32.4. The van der Waals surface area contributed by atoms with Gasteiger partial charge >= 0.3 is 0 Å². The number of fused-ring (bicyclic) bond motifs is 5. The van der Waals surface area contributed by atoms with Crippen molar-refractivity contribution >= 4 is 27.8 Å². The Morgan fingerprint density at radius 1 is 0.694 bits per heavy atom. The average molecular weight is 470 g/mol. The largest absolute Gasteiger partial charge is 0.507 e. The highest BCUT2D eigenvalue weighted by Crippen LogP contribution is 2.33. The first-order valence-electron chi connectivity index (χ1n) is 11.5. The van der Waals surface area contributed by atoms with E-state index in [0.29, 0.717) is 22.9 Å². The van der Waals surface area contributed by atoms with Gasteiger partial charge in [-0.05, 0) is 54.6 Å². The number of benzene rings is 3. The van der Waals surface area contributed by atoms with Crippen molar-refractivity contribution in [3.8, 4) is 34.5 Å². The molecule has 0 fully saturated rings. The van der Waals surface area contributed by atoms with Gasteiger partial charge in [-0.15, -0.1) is 0 Å². The van der Waals surface area contributed by atoms with Crippen molar-refractivity contribution < 1.29 is 9.84 Å². The summed E-state index contributed by atoms with van der Waals surface area (Å²) in [5.41, 5.74) is 5.13. The maximum atomic E-state index is 10.2. The molecular weight excluding hydrogens is 450 g/mol. The predicted octanol–water partition coefficient (Wildman–Crippen LogP) is 6.39.